The van der Waals surface area contributed by atoms with Crippen LogP contribution in [-0.2, 0) is 0 Å². The van der Waals surface area contributed by atoms with Crippen LogP contribution in [0.25, 0.3) is 0 Å². The first-order valence-electron chi connectivity index (χ1n) is 3.51. The molecule has 0 fully saturated rings. The standard InChI is InChI=1S/C8H5FN2O3/c1-10-8(12)6-3-2-5(11(13)14)4-7(6)9/h2-4H,1H2. The summed E-state index contributed by atoms with van der Waals surface area (Å²) in [5.41, 5.74) is -0.742. The molecule has 1 aromatic carbocycles. The first-order valence-corrected chi connectivity index (χ1v) is 3.51. The maximum Gasteiger partial charge on any atom is 0.279 e. The highest BCUT2D eigenvalue weighted by Crippen LogP contribution is 2.16. The molecule has 0 unspecified atom stereocenters. The Bertz CT molecular complexity index is 417. The van der Waals surface area contributed by atoms with E-state index in [1.807, 2.05) is 0 Å². The van der Waals surface area contributed by atoms with Crippen LogP contribution in [0.4, 0.5) is 10.1 Å². The van der Waals surface area contributed by atoms with E-state index in [0.717, 1.165) is 12.1 Å². The number of aliphatic imine (C=N–C) groups is 1. The molecule has 1 rings (SSSR count). The number of nitrogens with zero attached hydrogens (tertiary/aromatic N) is 2. The summed E-state index contributed by atoms with van der Waals surface area (Å²) in [6.07, 6.45) is 0. The molecule has 0 N–H and O–H groups in total. The summed E-state index contributed by atoms with van der Waals surface area (Å²) < 4.78 is 13.0. The van der Waals surface area contributed by atoms with Crippen LogP contribution in [-0.4, -0.2) is 17.5 Å². The van der Waals surface area contributed by atoms with E-state index in [0.29, 0.717) is 6.07 Å². The van der Waals surface area contributed by atoms with Gasteiger partial charge in [-0.25, -0.2) is 9.38 Å². The monoisotopic (exact) mass is 196 g/mol. The largest absolute Gasteiger partial charge is 0.279 e. The molecule has 0 heterocycles. The molecule has 0 saturated heterocycles. The summed E-state index contributed by atoms with van der Waals surface area (Å²) in [4.78, 5) is 23.3. The summed E-state index contributed by atoms with van der Waals surface area (Å²) in [6.45, 7) is 2.94. The van der Waals surface area contributed by atoms with E-state index in [4.69, 9.17) is 0 Å². The fraction of sp³-hybridized carbons (Fsp3) is 0. The Hall–Kier alpha value is -2.11. The van der Waals surface area contributed by atoms with E-state index in [-0.39, 0.29) is 5.56 Å². The molecular weight excluding hydrogens is 191 g/mol. The summed E-state index contributed by atoms with van der Waals surface area (Å²) in [7, 11) is 0. The van der Waals surface area contributed by atoms with E-state index < -0.39 is 22.3 Å². The zero-order valence-corrected chi connectivity index (χ0v) is 6.94. The van der Waals surface area contributed by atoms with Crippen molar-refractivity contribution in [3.63, 3.8) is 0 Å². The highest BCUT2D eigenvalue weighted by Gasteiger charge is 2.14. The number of nitro groups is 1. The Morgan fingerprint density at radius 3 is 2.64 bits per heavy atom. The van der Waals surface area contributed by atoms with Gasteiger partial charge in [-0.1, -0.05) is 0 Å². The van der Waals surface area contributed by atoms with Gasteiger partial charge in [0.05, 0.1) is 16.6 Å². The lowest BCUT2D eigenvalue weighted by Crippen LogP contribution is -1.99. The number of hydrogen-bond donors (Lipinski definition) is 0. The number of nitro benzene ring substituents is 1. The molecule has 72 valence electrons. The molecule has 0 aliphatic rings. The highest BCUT2D eigenvalue weighted by molar-refractivity contribution is 5.97. The number of benzene rings is 1. The van der Waals surface area contributed by atoms with Gasteiger partial charge in [0.15, 0.2) is 0 Å². The molecule has 0 saturated carbocycles. The van der Waals surface area contributed by atoms with Gasteiger partial charge in [-0.15, -0.1) is 0 Å². The number of rotatable bonds is 2. The second-order valence-corrected chi connectivity index (χ2v) is 2.38. The lowest BCUT2D eigenvalue weighted by Gasteiger charge is -1.96. The lowest BCUT2D eigenvalue weighted by atomic mass is 10.2. The van der Waals surface area contributed by atoms with Crippen molar-refractivity contribution in [2.45, 2.75) is 0 Å². The van der Waals surface area contributed by atoms with E-state index in [9.17, 15) is 19.3 Å². The van der Waals surface area contributed by atoms with Crippen LogP contribution < -0.4 is 0 Å². The molecule has 0 aromatic heterocycles. The van der Waals surface area contributed by atoms with Crippen LogP contribution in [0.3, 0.4) is 0 Å². The predicted octanol–water partition coefficient (Wildman–Crippen LogP) is 1.57. The average Bonchev–Trinajstić information content (AvgIpc) is 2.16. The Morgan fingerprint density at radius 2 is 2.21 bits per heavy atom. The second-order valence-electron chi connectivity index (χ2n) is 2.38. The van der Waals surface area contributed by atoms with Crippen molar-refractivity contribution in [3.8, 4) is 0 Å². The predicted molar refractivity (Wildman–Crippen MR) is 46.9 cm³/mol. The van der Waals surface area contributed by atoms with Crippen molar-refractivity contribution in [1.29, 1.82) is 0 Å². The van der Waals surface area contributed by atoms with E-state index in [1.165, 1.54) is 0 Å². The first kappa shape index (κ1) is 9.97. The van der Waals surface area contributed by atoms with Crippen molar-refractivity contribution in [2.75, 3.05) is 0 Å². The van der Waals surface area contributed by atoms with Gasteiger partial charge < -0.3 is 0 Å². The molecule has 6 heteroatoms. The number of carbonyl (C=O) groups excluding carboxylic acids is 1. The fourth-order valence-electron chi connectivity index (χ4n) is 0.876. The van der Waals surface area contributed by atoms with Gasteiger partial charge in [0.2, 0.25) is 0 Å². The Balaban J connectivity index is 3.20. The Labute approximate surface area is 78.0 Å². The molecule has 0 aliphatic carbocycles. The first-order chi connectivity index (χ1) is 6.56. The number of halogens is 1. The van der Waals surface area contributed by atoms with Crippen LogP contribution in [0.2, 0.25) is 0 Å². The van der Waals surface area contributed by atoms with Gasteiger partial charge in [-0.3, -0.25) is 14.9 Å². The third kappa shape index (κ3) is 1.79. The van der Waals surface area contributed by atoms with Crippen LogP contribution >= 0.6 is 0 Å². The maximum atomic E-state index is 13.0. The molecular formula is C8H5FN2O3. The number of carbonyl (C=O) groups is 1. The molecule has 1 amide bonds. The summed E-state index contributed by atoms with van der Waals surface area (Å²) >= 11 is 0. The average molecular weight is 196 g/mol. The fourth-order valence-corrected chi connectivity index (χ4v) is 0.876. The topological polar surface area (TPSA) is 72.6 Å². The quantitative estimate of drug-likeness (QED) is 0.409. The minimum atomic E-state index is -0.975. The third-order valence-electron chi connectivity index (χ3n) is 1.54. The van der Waals surface area contributed by atoms with Gasteiger partial charge in [0, 0.05) is 6.07 Å². The Morgan fingerprint density at radius 1 is 1.57 bits per heavy atom. The van der Waals surface area contributed by atoms with Crippen molar-refractivity contribution in [2.24, 2.45) is 4.99 Å². The number of hydrogen-bond acceptors (Lipinski definition) is 3. The van der Waals surface area contributed by atoms with Gasteiger partial charge in [0.1, 0.15) is 5.82 Å². The van der Waals surface area contributed by atoms with E-state index in [1.54, 1.807) is 0 Å². The van der Waals surface area contributed by atoms with Gasteiger partial charge in [-0.2, -0.15) is 0 Å². The van der Waals surface area contributed by atoms with Crippen LogP contribution in [0.15, 0.2) is 23.2 Å². The van der Waals surface area contributed by atoms with Crippen LogP contribution in [0.5, 0.6) is 0 Å². The molecule has 0 aliphatic heterocycles. The summed E-state index contributed by atoms with van der Waals surface area (Å²) in [6, 6.07) is 2.70. The van der Waals surface area contributed by atoms with Crippen molar-refractivity contribution < 1.29 is 14.1 Å². The second kappa shape index (κ2) is 3.73. The van der Waals surface area contributed by atoms with E-state index in [2.05, 4.69) is 11.7 Å². The zero-order chi connectivity index (χ0) is 10.7. The molecule has 1 aromatic rings. The van der Waals surface area contributed by atoms with Crippen molar-refractivity contribution in [1.82, 2.24) is 0 Å². The van der Waals surface area contributed by atoms with Crippen molar-refractivity contribution in [3.05, 3.63) is 39.7 Å². The zero-order valence-electron chi connectivity index (χ0n) is 6.94. The number of non-ortho nitro benzene ring substituents is 1. The minimum Gasteiger partial charge on any atom is -0.267 e. The molecule has 0 spiro atoms. The SMILES string of the molecule is C=NC(=O)c1ccc([N+](=O)[O-])cc1F. The van der Waals surface area contributed by atoms with E-state index >= 15 is 0 Å². The van der Waals surface area contributed by atoms with Crippen LogP contribution in [0.1, 0.15) is 10.4 Å². The normalized spacial score (nSPS) is 9.50. The van der Waals surface area contributed by atoms with Gasteiger partial charge in [-0.05, 0) is 12.8 Å². The Kier molecular flexibility index (Phi) is 2.66. The smallest absolute Gasteiger partial charge is 0.267 e. The maximum absolute atomic E-state index is 13.0. The molecule has 0 bridgehead atoms. The summed E-state index contributed by atoms with van der Waals surface area (Å²) in [5.74, 6) is -1.83. The van der Waals surface area contributed by atoms with Crippen LogP contribution in [0, 0.1) is 15.9 Å². The van der Waals surface area contributed by atoms with Crippen molar-refractivity contribution >= 4 is 18.3 Å². The van der Waals surface area contributed by atoms with Gasteiger partial charge in [0.25, 0.3) is 11.6 Å². The minimum absolute atomic E-state index is 0.328. The lowest BCUT2D eigenvalue weighted by molar-refractivity contribution is -0.385. The third-order valence-corrected chi connectivity index (χ3v) is 1.54. The molecule has 0 atom stereocenters. The number of amides is 1. The van der Waals surface area contributed by atoms with Gasteiger partial charge >= 0.3 is 0 Å². The highest BCUT2D eigenvalue weighted by atomic mass is 19.1. The molecule has 14 heavy (non-hydrogen) atoms. The summed E-state index contributed by atoms with van der Waals surface area (Å²) in [5, 5.41) is 10.2. The molecule has 5 nitrogen and oxygen atoms in total. The molecule has 0 radical (unpaired) electrons.